The van der Waals surface area contributed by atoms with Crippen LogP contribution in [0.25, 0.3) is 11.0 Å². The van der Waals surface area contributed by atoms with E-state index in [2.05, 4.69) is 23.4 Å². The molecule has 0 unspecified atom stereocenters. The van der Waals surface area contributed by atoms with Crippen LogP contribution in [0.4, 0.5) is 4.79 Å². The zero-order valence-electron chi connectivity index (χ0n) is 12.3. The lowest BCUT2D eigenvalue weighted by molar-refractivity contribution is 0.150. The number of rotatable bonds is 6. The van der Waals surface area contributed by atoms with E-state index in [1.165, 1.54) is 0 Å². The van der Waals surface area contributed by atoms with Crippen LogP contribution in [0.1, 0.15) is 31.7 Å². The van der Waals surface area contributed by atoms with Crippen molar-refractivity contribution < 1.29 is 9.53 Å². The van der Waals surface area contributed by atoms with Crippen LogP contribution in [0, 0.1) is 5.92 Å². The van der Waals surface area contributed by atoms with Crippen molar-refractivity contribution in [3.05, 3.63) is 29.6 Å². The van der Waals surface area contributed by atoms with Gasteiger partial charge in [-0.3, -0.25) is 0 Å². The number of aromatic nitrogens is 2. The molecule has 2 aromatic rings. The summed E-state index contributed by atoms with van der Waals surface area (Å²) in [5, 5.41) is 0. The summed E-state index contributed by atoms with van der Waals surface area (Å²) in [5.41, 5.74) is 7.74. The van der Waals surface area contributed by atoms with Crippen LogP contribution in [0.3, 0.4) is 0 Å². The van der Waals surface area contributed by atoms with Crippen molar-refractivity contribution in [3.8, 4) is 0 Å². The Balaban J connectivity index is 2.29. The molecule has 0 atom stereocenters. The molecule has 0 spiro atoms. The minimum absolute atomic E-state index is 0.153. The van der Waals surface area contributed by atoms with E-state index < -0.39 is 6.09 Å². The molecular weight excluding hydrogens is 290 g/mol. The molecule has 0 saturated carbocycles. The average molecular weight is 310 g/mol. The second-order valence-corrected chi connectivity index (χ2v) is 5.69. The number of benzene rings is 1. The first-order valence-electron chi connectivity index (χ1n) is 6.97. The summed E-state index contributed by atoms with van der Waals surface area (Å²) in [5.74, 6) is 1.86. The number of amides is 1. The fourth-order valence-corrected chi connectivity index (χ4v) is 2.41. The molecule has 2 N–H and O–H groups in total. The third kappa shape index (κ3) is 3.88. The van der Waals surface area contributed by atoms with Crippen molar-refractivity contribution in [2.45, 2.75) is 39.3 Å². The van der Waals surface area contributed by atoms with E-state index in [1.807, 2.05) is 18.2 Å². The van der Waals surface area contributed by atoms with Gasteiger partial charge in [-0.15, -0.1) is 11.6 Å². The van der Waals surface area contributed by atoms with Gasteiger partial charge in [0.15, 0.2) is 0 Å². The number of imidazole rings is 1. The predicted molar refractivity (Wildman–Crippen MR) is 83.1 cm³/mol. The molecule has 0 fully saturated rings. The Bertz CT molecular complexity index is 637. The fourth-order valence-electron chi connectivity index (χ4n) is 2.21. The van der Waals surface area contributed by atoms with E-state index in [9.17, 15) is 4.79 Å². The van der Waals surface area contributed by atoms with Gasteiger partial charge in [-0.2, -0.15) is 0 Å². The SMILES string of the molecule is CC(C)CCn1c(CCl)nc2cc(COC(N)=O)ccc21. The van der Waals surface area contributed by atoms with Gasteiger partial charge >= 0.3 is 6.09 Å². The molecule has 1 aromatic carbocycles. The standard InChI is InChI=1S/C15H20ClN3O2/c1-10(2)5-6-19-13-4-3-11(9-21-15(17)20)7-12(13)18-14(19)8-16/h3-4,7,10H,5-6,8-9H2,1-2H3,(H2,17,20). The van der Waals surface area contributed by atoms with Gasteiger partial charge in [-0.25, -0.2) is 9.78 Å². The molecule has 21 heavy (non-hydrogen) atoms. The average Bonchev–Trinajstić information content (AvgIpc) is 2.79. The van der Waals surface area contributed by atoms with Gasteiger partial charge in [-0.1, -0.05) is 19.9 Å². The Labute approximate surface area is 129 Å². The molecule has 0 aliphatic carbocycles. The van der Waals surface area contributed by atoms with Crippen molar-refractivity contribution in [1.29, 1.82) is 0 Å². The van der Waals surface area contributed by atoms with Crippen molar-refractivity contribution in [3.63, 3.8) is 0 Å². The van der Waals surface area contributed by atoms with Gasteiger partial charge in [0.25, 0.3) is 0 Å². The maximum Gasteiger partial charge on any atom is 0.404 e. The quantitative estimate of drug-likeness (QED) is 0.831. The van der Waals surface area contributed by atoms with Crippen molar-refractivity contribution in [2.75, 3.05) is 0 Å². The van der Waals surface area contributed by atoms with Crippen LogP contribution in [-0.2, 0) is 23.8 Å². The van der Waals surface area contributed by atoms with E-state index in [0.717, 1.165) is 35.4 Å². The van der Waals surface area contributed by atoms with E-state index in [0.29, 0.717) is 11.8 Å². The third-order valence-electron chi connectivity index (χ3n) is 3.32. The monoisotopic (exact) mass is 309 g/mol. The molecule has 0 aliphatic heterocycles. The molecule has 5 nitrogen and oxygen atoms in total. The number of carbonyl (C=O) groups excluding carboxylic acids is 1. The van der Waals surface area contributed by atoms with Crippen molar-refractivity contribution >= 4 is 28.7 Å². The number of hydrogen-bond donors (Lipinski definition) is 1. The number of hydrogen-bond acceptors (Lipinski definition) is 3. The summed E-state index contributed by atoms with van der Waals surface area (Å²) in [4.78, 5) is 15.2. The molecule has 0 radical (unpaired) electrons. The fraction of sp³-hybridized carbons (Fsp3) is 0.467. The van der Waals surface area contributed by atoms with Gasteiger partial charge in [0.05, 0.1) is 16.9 Å². The molecular formula is C15H20ClN3O2. The topological polar surface area (TPSA) is 70.1 Å². The zero-order chi connectivity index (χ0) is 15.4. The second-order valence-electron chi connectivity index (χ2n) is 5.43. The number of alkyl halides is 1. The van der Waals surface area contributed by atoms with Crippen LogP contribution in [0.2, 0.25) is 0 Å². The summed E-state index contributed by atoms with van der Waals surface area (Å²) in [7, 11) is 0. The Morgan fingerprint density at radius 3 is 2.86 bits per heavy atom. The maximum absolute atomic E-state index is 10.7. The Kier molecular flexibility index (Phi) is 5.07. The normalized spacial score (nSPS) is 11.2. The summed E-state index contributed by atoms with van der Waals surface area (Å²) < 4.78 is 6.95. The number of primary amides is 1. The first-order chi connectivity index (χ1) is 10.0. The Morgan fingerprint density at radius 2 is 2.24 bits per heavy atom. The van der Waals surface area contributed by atoms with Crippen LogP contribution in [0.5, 0.6) is 0 Å². The molecule has 0 bridgehead atoms. The first kappa shape index (κ1) is 15.6. The zero-order valence-corrected chi connectivity index (χ0v) is 13.1. The first-order valence-corrected chi connectivity index (χ1v) is 7.51. The van der Waals surface area contributed by atoms with E-state index >= 15 is 0 Å². The summed E-state index contributed by atoms with van der Waals surface area (Å²) in [6.45, 7) is 5.44. The number of nitrogens with two attached hydrogens (primary N) is 1. The number of halogens is 1. The molecule has 0 aliphatic rings. The van der Waals surface area contributed by atoms with Crippen LogP contribution >= 0.6 is 11.6 Å². The van der Waals surface area contributed by atoms with Gasteiger partial charge in [0.2, 0.25) is 0 Å². The lowest BCUT2D eigenvalue weighted by Crippen LogP contribution is -2.12. The van der Waals surface area contributed by atoms with E-state index in [1.54, 1.807) is 0 Å². The number of nitrogens with zero attached hydrogens (tertiary/aromatic N) is 2. The number of aryl methyl sites for hydroxylation is 1. The third-order valence-corrected chi connectivity index (χ3v) is 3.56. The highest BCUT2D eigenvalue weighted by atomic mass is 35.5. The number of ether oxygens (including phenoxy) is 1. The number of carbonyl (C=O) groups is 1. The van der Waals surface area contributed by atoms with Crippen molar-refractivity contribution in [1.82, 2.24) is 9.55 Å². The minimum Gasteiger partial charge on any atom is -0.445 e. The highest BCUT2D eigenvalue weighted by molar-refractivity contribution is 6.16. The van der Waals surface area contributed by atoms with Crippen LogP contribution in [-0.4, -0.2) is 15.6 Å². The molecule has 1 amide bonds. The highest BCUT2D eigenvalue weighted by Crippen LogP contribution is 2.21. The van der Waals surface area contributed by atoms with Gasteiger partial charge in [0, 0.05) is 6.54 Å². The maximum atomic E-state index is 10.7. The minimum atomic E-state index is -0.779. The Morgan fingerprint density at radius 1 is 1.48 bits per heavy atom. The molecule has 114 valence electrons. The van der Waals surface area contributed by atoms with Gasteiger partial charge in [0.1, 0.15) is 12.4 Å². The van der Waals surface area contributed by atoms with Gasteiger partial charge < -0.3 is 15.0 Å². The highest BCUT2D eigenvalue weighted by Gasteiger charge is 2.11. The van der Waals surface area contributed by atoms with Crippen LogP contribution in [0.15, 0.2) is 18.2 Å². The predicted octanol–water partition coefficient (Wildman–Crippen LogP) is 3.42. The molecule has 2 rings (SSSR count). The summed E-state index contributed by atoms with van der Waals surface area (Å²) in [6, 6.07) is 5.80. The Hall–Kier alpha value is -1.75. The lowest BCUT2D eigenvalue weighted by Gasteiger charge is -2.10. The molecule has 0 saturated heterocycles. The van der Waals surface area contributed by atoms with E-state index in [4.69, 9.17) is 22.1 Å². The molecule has 1 aromatic heterocycles. The van der Waals surface area contributed by atoms with Gasteiger partial charge in [-0.05, 0) is 30.0 Å². The second kappa shape index (κ2) is 6.80. The summed E-state index contributed by atoms with van der Waals surface area (Å²) >= 11 is 5.99. The van der Waals surface area contributed by atoms with Crippen molar-refractivity contribution in [2.24, 2.45) is 11.7 Å². The van der Waals surface area contributed by atoms with Crippen LogP contribution < -0.4 is 5.73 Å². The van der Waals surface area contributed by atoms with E-state index in [-0.39, 0.29) is 6.61 Å². The smallest absolute Gasteiger partial charge is 0.404 e. The number of fused-ring (bicyclic) bond motifs is 1. The largest absolute Gasteiger partial charge is 0.445 e. The summed E-state index contributed by atoms with van der Waals surface area (Å²) in [6.07, 6.45) is 0.293. The lowest BCUT2D eigenvalue weighted by atomic mass is 10.1. The molecule has 6 heteroatoms. The molecule has 1 heterocycles.